The summed E-state index contributed by atoms with van der Waals surface area (Å²) < 4.78 is 11.7. The van der Waals surface area contributed by atoms with Gasteiger partial charge in [-0.15, -0.1) is 11.8 Å². The SMILES string of the molecule is COc1ccc2nc(N(Cc3ccco3)C(=O)CCSc3ccc(Cl)cc3)sc2c1. The Morgan fingerprint density at radius 1 is 1.23 bits per heavy atom. The van der Waals surface area contributed by atoms with Crippen molar-refractivity contribution in [2.24, 2.45) is 0 Å². The number of fused-ring (bicyclic) bond motifs is 1. The quantitative estimate of drug-likeness (QED) is 0.291. The fourth-order valence-electron chi connectivity index (χ4n) is 2.88. The van der Waals surface area contributed by atoms with Crippen LogP contribution in [0.4, 0.5) is 5.13 Å². The largest absolute Gasteiger partial charge is 0.497 e. The van der Waals surface area contributed by atoms with Crippen LogP contribution in [-0.4, -0.2) is 23.8 Å². The van der Waals surface area contributed by atoms with E-state index in [4.69, 9.17) is 20.8 Å². The number of carbonyl (C=O) groups excluding carboxylic acids is 1. The van der Waals surface area contributed by atoms with Crippen molar-refractivity contribution in [3.8, 4) is 5.75 Å². The minimum absolute atomic E-state index is 0.00103. The van der Waals surface area contributed by atoms with E-state index >= 15 is 0 Å². The number of methoxy groups -OCH3 is 1. The molecule has 1 amide bonds. The zero-order valence-electron chi connectivity index (χ0n) is 16.2. The average Bonchev–Trinajstić information content (AvgIpc) is 3.42. The molecule has 5 nitrogen and oxygen atoms in total. The van der Waals surface area contributed by atoms with Gasteiger partial charge in [0.25, 0.3) is 0 Å². The van der Waals surface area contributed by atoms with Gasteiger partial charge in [-0.3, -0.25) is 9.69 Å². The van der Waals surface area contributed by atoms with Gasteiger partial charge in [-0.05, 0) is 54.6 Å². The molecule has 0 bridgehead atoms. The number of carbonyl (C=O) groups is 1. The Kier molecular flexibility index (Phi) is 6.62. The Bertz CT molecular complexity index is 1130. The molecular weight excluding hydrogens is 440 g/mol. The second-order valence-electron chi connectivity index (χ2n) is 6.44. The first-order valence-corrected chi connectivity index (χ1v) is 11.5. The highest BCUT2D eigenvalue weighted by Gasteiger charge is 2.21. The number of anilines is 1. The van der Waals surface area contributed by atoms with Gasteiger partial charge in [-0.2, -0.15) is 0 Å². The number of rotatable bonds is 8. The molecule has 8 heteroatoms. The standard InChI is InChI=1S/C22H19ClN2O3S2/c1-27-16-6-9-19-20(13-16)30-22(24-19)25(14-17-3-2-11-28-17)21(26)10-12-29-18-7-4-15(23)5-8-18/h2-9,11,13H,10,12,14H2,1H3. The third-order valence-electron chi connectivity index (χ3n) is 4.41. The second-order valence-corrected chi connectivity index (χ2v) is 9.06. The highest BCUT2D eigenvalue weighted by atomic mass is 35.5. The number of thioether (sulfide) groups is 1. The number of furan rings is 1. The summed E-state index contributed by atoms with van der Waals surface area (Å²) in [5, 5.41) is 1.35. The van der Waals surface area contributed by atoms with E-state index in [1.807, 2.05) is 54.6 Å². The molecule has 0 spiro atoms. The summed E-state index contributed by atoms with van der Waals surface area (Å²) in [5.41, 5.74) is 0.837. The number of hydrogen-bond acceptors (Lipinski definition) is 6. The molecule has 0 aliphatic rings. The van der Waals surface area contributed by atoms with Gasteiger partial charge < -0.3 is 9.15 Å². The Balaban J connectivity index is 1.51. The van der Waals surface area contributed by atoms with Gasteiger partial charge in [0.15, 0.2) is 5.13 Å². The molecule has 0 saturated carbocycles. The van der Waals surface area contributed by atoms with Crippen LogP contribution in [0.15, 0.2) is 70.2 Å². The van der Waals surface area contributed by atoms with Gasteiger partial charge in [0.2, 0.25) is 5.91 Å². The van der Waals surface area contributed by atoms with Crippen LogP contribution in [0, 0.1) is 0 Å². The molecular formula is C22H19ClN2O3S2. The molecule has 30 heavy (non-hydrogen) atoms. The predicted molar refractivity (Wildman–Crippen MR) is 123 cm³/mol. The summed E-state index contributed by atoms with van der Waals surface area (Å²) in [4.78, 5) is 20.6. The Hall–Kier alpha value is -2.48. The van der Waals surface area contributed by atoms with Crippen molar-refractivity contribution in [1.82, 2.24) is 4.98 Å². The molecule has 0 atom stereocenters. The van der Waals surface area contributed by atoms with Gasteiger partial charge in [-0.25, -0.2) is 4.98 Å². The van der Waals surface area contributed by atoms with Crippen LogP contribution in [0.5, 0.6) is 5.75 Å². The number of benzene rings is 2. The number of hydrogen-bond donors (Lipinski definition) is 0. The first-order valence-electron chi connectivity index (χ1n) is 9.28. The van der Waals surface area contributed by atoms with Crippen LogP contribution >= 0.6 is 34.7 Å². The molecule has 2 heterocycles. The van der Waals surface area contributed by atoms with Gasteiger partial charge >= 0.3 is 0 Å². The molecule has 0 fully saturated rings. The first kappa shape index (κ1) is 20.8. The Morgan fingerprint density at radius 2 is 2.07 bits per heavy atom. The number of amides is 1. The normalized spacial score (nSPS) is 11.0. The van der Waals surface area contributed by atoms with Gasteiger partial charge in [0.05, 0.1) is 30.1 Å². The first-order chi connectivity index (χ1) is 14.6. The van der Waals surface area contributed by atoms with Crippen molar-refractivity contribution < 1.29 is 13.9 Å². The molecule has 0 N–H and O–H groups in total. The van der Waals surface area contributed by atoms with Crippen molar-refractivity contribution in [3.63, 3.8) is 0 Å². The lowest BCUT2D eigenvalue weighted by Gasteiger charge is -2.18. The van der Waals surface area contributed by atoms with Crippen LogP contribution < -0.4 is 9.64 Å². The Morgan fingerprint density at radius 3 is 2.80 bits per heavy atom. The summed E-state index contributed by atoms with van der Waals surface area (Å²) >= 11 is 9.03. The molecule has 2 aromatic heterocycles. The van der Waals surface area contributed by atoms with E-state index < -0.39 is 0 Å². The monoisotopic (exact) mass is 458 g/mol. The molecule has 0 radical (unpaired) electrons. The lowest BCUT2D eigenvalue weighted by atomic mass is 10.3. The maximum Gasteiger partial charge on any atom is 0.230 e. The lowest BCUT2D eigenvalue weighted by Crippen LogP contribution is -2.30. The van der Waals surface area contributed by atoms with Crippen LogP contribution in [0.1, 0.15) is 12.2 Å². The molecule has 0 aliphatic heterocycles. The van der Waals surface area contributed by atoms with Crippen molar-refractivity contribution in [3.05, 3.63) is 71.6 Å². The van der Waals surface area contributed by atoms with Crippen LogP contribution in [0.25, 0.3) is 10.2 Å². The summed E-state index contributed by atoms with van der Waals surface area (Å²) in [7, 11) is 1.63. The van der Waals surface area contributed by atoms with E-state index in [0.717, 1.165) is 20.9 Å². The zero-order valence-corrected chi connectivity index (χ0v) is 18.6. The van der Waals surface area contributed by atoms with Crippen molar-refractivity contribution in [1.29, 1.82) is 0 Å². The van der Waals surface area contributed by atoms with E-state index in [1.165, 1.54) is 11.3 Å². The number of thiazole rings is 1. The van der Waals surface area contributed by atoms with Crippen molar-refractivity contribution >= 4 is 56.0 Å². The van der Waals surface area contributed by atoms with E-state index in [9.17, 15) is 4.79 Å². The fourth-order valence-corrected chi connectivity index (χ4v) is 4.86. The molecule has 0 aliphatic carbocycles. The van der Waals surface area contributed by atoms with Crippen LogP contribution in [0.2, 0.25) is 5.02 Å². The lowest BCUT2D eigenvalue weighted by molar-refractivity contribution is -0.118. The summed E-state index contributed by atoms with van der Waals surface area (Å²) in [6.45, 7) is 0.342. The molecule has 4 aromatic rings. The van der Waals surface area contributed by atoms with E-state index in [1.54, 1.807) is 30.0 Å². The highest BCUT2D eigenvalue weighted by Crippen LogP contribution is 2.33. The Labute approximate surface area is 187 Å². The van der Waals surface area contributed by atoms with E-state index in [0.29, 0.717) is 34.6 Å². The maximum atomic E-state index is 13.1. The van der Waals surface area contributed by atoms with Gasteiger partial charge in [0.1, 0.15) is 11.5 Å². The van der Waals surface area contributed by atoms with Crippen LogP contribution in [-0.2, 0) is 11.3 Å². The summed E-state index contributed by atoms with van der Waals surface area (Å²) in [5.74, 6) is 2.14. The van der Waals surface area contributed by atoms with Crippen molar-refractivity contribution in [2.45, 2.75) is 17.9 Å². The maximum absolute atomic E-state index is 13.1. The third kappa shape index (κ3) is 4.98. The number of aromatic nitrogens is 1. The smallest absolute Gasteiger partial charge is 0.230 e. The molecule has 2 aromatic carbocycles. The average molecular weight is 459 g/mol. The minimum atomic E-state index is -0.00103. The zero-order chi connectivity index (χ0) is 20.9. The topological polar surface area (TPSA) is 55.6 Å². The molecule has 0 unspecified atom stereocenters. The number of ether oxygens (including phenoxy) is 1. The summed E-state index contributed by atoms with van der Waals surface area (Å²) in [6.07, 6.45) is 1.99. The number of halogens is 1. The van der Waals surface area contributed by atoms with Crippen LogP contribution in [0.3, 0.4) is 0 Å². The summed E-state index contributed by atoms with van der Waals surface area (Å²) in [6, 6.07) is 17.0. The highest BCUT2D eigenvalue weighted by molar-refractivity contribution is 7.99. The third-order valence-corrected chi connectivity index (χ3v) is 6.72. The number of nitrogens with zero attached hydrogens (tertiary/aromatic N) is 2. The van der Waals surface area contributed by atoms with E-state index in [2.05, 4.69) is 4.98 Å². The van der Waals surface area contributed by atoms with Crippen molar-refractivity contribution in [2.75, 3.05) is 17.8 Å². The van der Waals surface area contributed by atoms with Gasteiger partial charge in [0, 0.05) is 22.1 Å². The molecule has 154 valence electrons. The van der Waals surface area contributed by atoms with E-state index in [-0.39, 0.29) is 5.91 Å². The predicted octanol–water partition coefficient (Wildman–Crippen LogP) is 6.27. The van der Waals surface area contributed by atoms with Gasteiger partial charge in [-0.1, -0.05) is 22.9 Å². The second kappa shape index (κ2) is 9.55. The molecule has 4 rings (SSSR count). The minimum Gasteiger partial charge on any atom is -0.497 e. The molecule has 0 saturated heterocycles. The fraction of sp³-hybridized carbons (Fsp3) is 0.182.